The molecule has 5 heteroatoms. The molecule has 0 saturated carbocycles. The molecule has 1 aliphatic heterocycles. The van der Waals surface area contributed by atoms with E-state index >= 15 is 0 Å². The molecular formula is C14H18INO3. The summed E-state index contributed by atoms with van der Waals surface area (Å²) in [6.45, 7) is 5.21. The van der Waals surface area contributed by atoms with Gasteiger partial charge in [-0.15, -0.1) is 0 Å². The van der Waals surface area contributed by atoms with E-state index in [1.54, 1.807) is 6.07 Å². The first-order valence-electron chi connectivity index (χ1n) is 6.39. The van der Waals surface area contributed by atoms with Crippen LogP contribution in [-0.4, -0.2) is 29.6 Å². The van der Waals surface area contributed by atoms with E-state index in [0.29, 0.717) is 36.2 Å². The minimum absolute atomic E-state index is 0.0993. The summed E-state index contributed by atoms with van der Waals surface area (Å²) < 4.78 is 11.9. The van der Waals surface area contributed by atoms with Crippen molar-refractivity contribution in [2.45, 2.75) is 19.9 Å². The molecule has 1 atom stereocenters. The van der Waals surface area contributed by atoms with Crippen LogP contribution in [0.1, 0.15) is 24.2 Å². The van der Waals surface area contributed by atoms with Crippen molar-refractivity contribution in [1.82, 2.24) is 5.32 Å². The minimum atomic E-state index is -0.0993. The topological polar surface area (TPSA) is 47.6 Å². The van der Waals surface area contributed by atoms with Gasteiger partial charge in [0.25, 0.3) is 5.91 Å². The highest BCUT2D eigenvalue weighted by Crippen LogP contribution is 2.33. The number of hydrogen-bond acceptors (Lipinski definition) is 3. The number of benzene rings is 1. The molecule has 19 heavy (non-hydrogen) atoms. The molecule has 1 aliphatic rings. The summed E-state index contributed by atoms with van der Waals surface area (Å²) in [5.74, 6) is 1.51. The predicted octanol–water partition coefficient (Wildman–Crippen LogP) is 2.65. The normalized spacial score (nSPS) is 15.2. The molecule has 0 spiro atoms. The molecule has 104 valence electrons. The summed E-state index contributed by atoms with van der Waals surface area (Å²) in [4.78, 5) is 12.3. The lowest BCUT2D eigenvalue weighted by atomic mass is 10.1. The maximum Gasteiger partial charge on any atom is 0.255 e. The number of nitrogens with one attached hydrogen (secondary N) is 1. The number of rotatable bonds is 4. The lowest BCUT2D eigenvalue weighted by molar-refractivity contribution is 0.0921. The van der Waals surface area contributed by atoms with Crippen LogP contribution in [0.15, 0.2) is 18.2 Å². The summed E-state index contributed by atoms with van der Waals surface area (Å²) in [5, 5.41) is 3.05. The van der Waals surface area contributed by atoms with Gasteiger partial charge in [-0.05, 0) is 18.1 Å². The molecule has 0 aromatic heterocycles. The van der Waals surface area contributed by atoms with Crippen molar-refractivity contribution in [2.75, 3.05) is 17.6 Å². The average molecular weight is 375 g/mol. The molecule has 1 N–H and O–H groups in total. The minimum Gasteiger partial charge on any atom is -0.486 e. The van der Waals surface area contributed by atoms with E-state index in [9.17, 15) is 4.79 Å². The van der Waals surface area contributed by atoms with Gasteiger partial charge in [0.2, 0.25) is 0 Å². The first-order chi connectivity index (χ1) is 9.13. The van der Waals surface area contributed by atoms with E-state index in [1.807, 2.05) is 12.1 Å². The maximum absolute atomic E-state index is 12.3. The Morgan fingerprint density at radius 2 is 2.11 bits per heavy atom. The largest absolute Gasteiger partial charge is 0.486 e. The van der Waals surface area contributed by atoms with Crippen molar-refractivity contribution in [3.63, 3.8) is 0 Å². The quantitative estimate of drug-likeness (QED) is 0.650. The number of carbonyl (C=O) groups is 1. The first kappa shape index (κ1) is 14.4. The highest BCUT2D eigenvalue weighted by molar-refractivity contribution is 14.1. The summed E-state index contributed by atoms with van der Waals surface area (Å²) in [5.41, 5.74) is 0.549. The zero-order chi connectivity index (χ0) is 13.8. The number of ether oxygens (including phenoxy) is 2. The molecule has 1 aromatic rings. The Morgan fingerprint density at radius 3 is 2.79 bits per heavy atom. The van der Waals surface area contributed by atoms with Crippen LogP contribution < -0.4 is 14.8 Å². The van der Waals surface area contributed by atoms with E-state index in [-0.39, 0.29) is 11.9 Å². The molecule has 0 bridgehead atoms. The van der Waals surface area contributed by atoms with Crippen molar-refractivity contribution in [3.8, 4) is 11.5 Å². The van der Waals surface area contributed by atoms with Gasteiger partial charge in [-0.2, -0.15) is 0 Å². The third kappa shape index (κ3) is 3.32. The Balaban J connectivity index is 2.19. The van der Waals surface area contributed by atoms with Crippen molar-refractivity contribution in [3.05, 3.63) is 23.8 Å². The van der Waals surface area contributed by atoms with Crippen LogP contribution >= 0.6 is 22.6 Å². The second kappa shape index (κ2) is 6.45. The number of fused-ring (bicyclic) bond motifs is 1. The van der Waals surface area contributed by atoms with Crippen LogP contribution in [0.2, 0.25) is 0 Å². The molecular weight excluding hydrogens is 357 g/mol. The highest BCUT2D eigenvalue weighted by atomic mass is 127. The van der Waals surface area contributed by atoms with Gasteiger partial charge in [-0.1, -0.05) is 42.5 Å². The van der Waals surface area contributed by atoms with Gasteiger partial charge in [-0.3, -0.25) is 4.79 Å². The Bertz CT molecular complexity index is 462. The van der Waals surface area contributed by atoms with Crippen LogP contribution in [0.5, 0.6) is 11.5 Å². The van der Waals surface area contributed by atoms with E-state index in [0.717, 1.165) is 4.43 Å². The third-order valence-corrected chi connectivity index (χ3v) is 4.05. The number of para-hydroxylation sites is 1. The molecule has 1 aromatic carbocycles. The summed E-state index contributed by atoms with van der Waals surface area (Å²) in [7, 11) is 0. The fourth-order valence-electron chi connectivity index (χ4n) is 1.88. The average Bonchev–Trinajstić information content (AvgIpc) is 2.43. The van der Waals surface area contributed by atoms with Crippen molar-refractivity contribution >= 4 is 28.5 Å². The van der Waals surface area contributed by atoms with Gasteiger partial charge in [-0.25, -0.2) is 0 Å². The van der Waals surface area contributed by atoms with Crippen LogP contribution in [0.3, 0.4) is 0 Å². The summed E-state index contributed by atoms with van der Waals surface area (Å²) in [6, 6.07) is 5.57. The van der Waals surface area contributed by atoms with Crippen LogP contribution in [0.4, 0.5) is 0 Å². The Morgan fingerprint density at radius 1 is 1.37 bits per heavy atom. The molecule has 0 fully saturated rings. The van der Waals surface area contributed by atoms with Gasteiger partial charge in [0.15, 0.2) is 11.5 Å². The zero-order valence-electron chi connectivity index (χ0n) is 11.1. The summed E-state index contributed by atoms with van der Waals surface area (Å²) in [6.07, 6.45) is 0. The Kier molecular flexibility index (Phi) is 4.90. The Hall–Kier alpha value is -0.980. The fraction of sp³-hybridized carbons (Fsp3) is 0.500. The number of hydrogen-bond donors (Lipinski definition) is 1. The lowest BCUT2D eigenvalue weighted by Crippen LogP contribution is -2.40. The molecule has 0 aliphatic carbocycles. The van der Waals surface area contributed by atoms with Gasteiger partial charge in [0, 0.05) is 10.5 Å². The van der Waals surface area contributed by atoms with Crippen LogP contribution in [-0.2, 0) is 0 Å². The number of halogens is 1. The first-order valence-corrected chi connectivity index (χ1v) is 7.91. The van der Waals surface area contributed by atoms with E-state index in [1.165, 1.54) is 0 Å². The third-order valence-electron chi connectivity index (χ3n) is 3.10. The van der Waals surface area contributed by atoms with Gasteiger partial charge < -0.3 is 14.8 Å². The molecule has 2 rings (SSSR count). The fourth-order valence-corrected chi connectivity index (χ4v) is 3.12. The molecule has 4 nitrogen and oxygen atoms in total. The molecule has 1 unspecified atom stereocenters. The SMILES string of the molecule is CC(C)C(CI)NC(=O)c1cccc2c1OCCO2. The van der Waals surface area contributed by atoms with Crippen molar-refractivity contribution < 1.29 is 14.3 Å². The van der Waals surface area contributed by atoms with E-state index in [4.69, 9.17) is 9.47 Å². The molecule has 1 amide bonds. The monoisotopic (exact) mass is 375 g/mol. The second-order valence-corrected chi connectivity index (χ2v) is 5.69. The Labute approximate surface area is 127 Å². The molecule has 0 saturated heterocycles. The van der Waals surface area contributed by atoms with Crippen LogP contribution in [0, 0.1) is 5.92 Å². The van der Waals surface area contributed by atoms with Crippen molar-refractivity contribution in [1.29, 1.82) is 0 Å². The maximum atomic E-state index is 12.3. The highest BCUT2D eigenvalue weighted by Gasteiger charge is 2.22. The number of alkyl halides is 1. The van der Waals surface area contributed by atoms with Gasteiger partial charge in [0.05, 0.1) is 5.56 Å². The number of carbonyl (C=O) groups excluding carboxylic acids is 1. The second-order valence-electron chi connectivity index (χ2n) is 4.81. The van der Waals surface area contributed by atoms with Crippen molar-refractivity contribution in [2.24, 2.45) is 5.92 Å². The lowest BCUT2D eigenvalue weighted by Gasteiger charge is -2.23. The standard InChI is InChI=1S/C14H18INO3/c1-9(2)11(8-15)16-14(17)10-4-3-5-12-13(10)19-7-6-18-12/h3-5,9,11H,6-8H2,1-2H3,(H,16,17). The molecule has 0 radical (unpaired) electrons. The van der Waals surface area contributed by atoms with E-state index in [2.05, 4.69) is 41.8 Å². The number of amides is 1. The smallest absolute Gasteiger partial charge is 0.255 e. The van der Waals surface area contributed by atoms with Gasteiger partial charge in [0.1, 0.15) is 13.2 Å². The van der Waals surface area contributed by atoms with Gasteiger partial charge >= 0.3 is 0 Å². The predicted molar refractivity (Wildman–Crippen MR) is 82.4 cm³/mol. The van der Waals surface area contributed by atoms with Crippen LogP contribution in [0.25, 0.3) is 0 Å². The molecule has 1 heterocycles. The zero-order valence-corrected chi connectivity index (χ0v) is 13.3. The van der Waals surface area contributed by atoms with E-state index < -0.39 is 0 Å². The summed E-state index contributed by atoms with van der Waals surface area (Å²) >= 11 is 2.29.